The van der Waals surface area contributed by atoms with E-state index in [2.05, 4.69) is 5.32 Å². The third kappa shape index (κ3) is 8.57. The molecule has 1 aromatic carbocycles. The summed E-state index contributed by atoms with van der Waals surface area (Å²) >= 11 is 0. The third-order valence-electron chi connectivity index (χ3n) is 3.61. The Morgan fingerprint density at radius 3 is 2.26 bits per heavy atom. The highest BCUT2D eigenvalue weighted by molar-refractivity contribution is 5.96. The molecule has 1 N–H and O–H groups in total. The fourth-order valence-electron chi connectivity index (χ4n) is 2.46. The normalized spacial score (nSPS) is 10.6. The standard InChI is InChI=1S/C20H30N2O5/c1-14(2)11-22(12-15(3)4)18(23)13-27-19(24)10-21-20(25)16-7-6-8-17(9-16)26-5/h6-9,14-15H,10-13H2,1-5H3,(H,21,25). The van der Waals surface area contributed by atoms with Crippen molar-refractivity contribution >= 4 is 17.8 Å². The molecule has 0 aromatic heterocycles. The Bertz CT molecular complexity index is 633. The highest BCUT2D eigenvalue weighted by atomic mass is 16.5. The summed E-state index contributed by atoms with van der Waals surface area (Å²) in [6, 6.07) is 6.59. The zero-order valence-electron chi connectivity index (χ0n) is 16.8. The minimum Gasteiger partial charge on any atom is -0.497 e. The highest BCUT2D eigenvalue weighted by Crippen LogP contribution is 2.12. The smallest absolute Gasteiger partial charge is 0.325 e. The van der Waals surface area contributed by atoms with Gasteiger partial charge in [-0.15, -0.1) is 0 Å². The lowest BCUT2D eigenvalue weighted by molar-refractivity contribution is -0.151. The van der Waals surface area contributed by atoms with Gasteiger partial charge in [0, 0.05) is 18.7 Å². The van der Waals surface area contributed by atoms with E-state index >= 15 is 0 Å². The molecular weight excluding hydrogens is 348 g/mol. The monoisotopic (exact) mass is 378 g/mol. The van der Waals surface area contributed by atoms with Crippen LogP contribution in [0.5, 0.6) is 5.75 Å². The Hall–Kier alpha value is -2.57. The summed E-state index contributed by atoms with van der Waals surface area (Å²) in [5, 5.41) is 2.47. The van der Waals surface area contributed by atoms with Gasteiger partial charge in [-0.05, 0) is 30.0 Å². The number of ether oxygens (including phenoxy) is 2. The first-order valence-corrected chi connectivity index (χ1v) is 9.08. The van der Waals surface area contributed by atoms with E-state index in [-0.39, 0.29) is 19.1 Å². The van der Waals surface area contributed by atoms with E-state index < -0.39 is 11.9 Å². The summed E-state index contributed by atoms with van der Waals surface area (Å²) in [6.07, 6.45) is 0. The molecule has 0 heterocycles. The molecule has 150 valence electrons. The zero-order chi connectivity index (χ0) is 20.4. The molecule has 0 unspecified atom stereocenters. The molecule has 0 aliphatic carbocycles. The minimum atomic E-state index is -0.659. The summed E-state index contributed by atoms with van der Waals surface area (Å²) in [6.45, 7) is 8.70. The van der Waals surface area contributed by atoms with Crippen molar-refractivity contribution in [2.24, 2.45) is 11.8 Å². The molecule has 2 amide bonds. The van der Waals surface area contributed by atoms with Crippen molar-refractivity contribution < 1.29 is 23.9 Å². The molecule has 0 fully saturated rings. The number of nitrogens with one attached hydrogen (secondary N) is 1. The molecule has 0 atom stereocenters. The number of benzene rings is 1. The molecule has 0 saturated carbocycles. The Labute approximate surface area is 161 Å². The number of rotatable bonds is 10. The van der Waals surface area contributed by atoms with Crippen LogP contribution in [0.2, 0.25) is 0 Å². The summed E-state index contributed by atoms with van der Waals surface area (Å²) < 4.78 is 10.1. The molecule has 0 radical (unpaired) electrons. The molecule has 0 spiro atoms. The van der Waals surface area contributed by atoms with Gasteiger partial charge in [0.15, 0.2) is 6.61 Å². The van der Waals surface area contributed by atoms with E-state index in [1.807, 2.05) is 27.7 Å². The van der Waals surface area contributed by atoms with Crippen LogP contribution in [-0.4, -0.2) is 56.0 Å². The summed E-state index contributed by atoms with van der Waals surface area (Å²) in [5.41, 5.74) is 0.373. The molecule has 27 heavy (non-hydrogen) atoms. The van der Waals surface area contributed by atoms with Crippen molar-refractivity contribution in [1.82, 2.24) is 10.2 Å². The molecule has 0 aliphatic rings. The second-order valence-electron chi connectivity index (χ2n) is 7.16. The second-order valence-corrected chi connectivity index (χ2v) is 7.16. The van der Waals surface area contributed by atoms with Crippen LogP contribution in [-0.2, 0) is 14.3 Å². The van der Waals surface area contributed by atoms with Crippen molar-refractivity contribution in [3.63, 3.8) is 0 Å². The van der Waals surface area contributed by atoms with Gasteiger partial charge in [-0.2, -0.15) is 0 Å². The van der Waals surface area contributed by atoms with Crippen molar-refractivity contribution in [2.75, 3.05) is 33.4 Å². The summed E-state index contributed by atoms with van der Waals surface area (Å²) in [4.78, 5) is 37.9. The van der Waals surface area contributed by atoms with Gasteiger partial charge in [0.1, 0.15) is 12.3 Å². The predicted molar refractivity (Wildman–Crippen MR) is 103 cm³/mol. The molecular formula is C20H30N2O5. The Morgan fingerprint density at radius 2 is 1.70 bits per heavy atom. The van der Waals surface area contributed by atoms with Gasteiger partial charge in [0.2, 0.25) is 0 Å². The average molecular weight is 378 g/mol. The van der Waals surface area contributed by atoms with Crippen LogP contribution < -0.4 is 10.1 Å². The van der Waals surface area contributed by atoms with Crippen LogP contribution in [0.4, 0.5) is 0 Å². The lowest BCUT2D eigenvalue weighted by Crippen LogP contribution is -2.40. The number of amides is 2. The second kappa shape index (κ2) is 11.2. The maximum atomic E-state index is 12.3. The number of esters is 1. The van der Waals surface area contributed by atoms with Gasteiger partial charge in [0.05, 0.1) is 7.11 Å². The van der Waals surface area contributed by atoms with Crippen LogP contribution in [0, 0.1) is 11.8 Å². The quantitative estimate of drug-likeness (QED) is 0.630. The Balaban J connectivity index is 2.46. The number of carbonyl (C=O) groups is 3. The fraction of sp³-hybridized carbons (Fsp3) is 0.550. The molecule has 1 rings (SSSR count). The summed E-state index contributed by atoms with van der Waals surface area (Å²) in [7, 11) is 1.51. The molecule has 0 saturated heterocycles. The van der Waals surface area contributed by atoms with Crippen LogP contribution >= 0.6 is 0 Å². The van der Waals surface area contributed by atoms with Gasteiger partial charge >= 0.3 is 5.97 Å². The van der Waals surface area contributed by atoms with Gasteiger partial charge in [-0.1, -0.05) is 33.8 Å². The number of carbonyl (C=O) groups excluding carboxylic acids is 3. The maximum absolute atomic E-state index is 12.3. The molecule has 7 heteroatoms. The average Bonchev–Trinajstić information content (AvgIpc) is 2.62. The van der Waals surface area contributed by atoms with Crippen LogP contribution in [0.25, 0.3) is 0 Å². The molecule has 0 bridgehead atoms. The number of methoxy groups -OCH3 is 1. The number of hydrogen-bond donors (Lipinski definition) is 1. The largest absolute Gasteiger partial charge is 0.497 e. The SMILES string of the molecule is COc1cccc(C(=O)NCC(=O)OCC(=O)N(CC(C)C)CC(C)C)c1. The van der Waals surface area contributed by atoms with Gasteiger partial charge in [-0.3, -0.25) is 14.4 Å². The lowest BCUT2D eigenvalue weighted by atomic mass is 10.1. The topological polar surface area (TPSA) is 84.9 Å². The highest BCUT2D eigenvalue weighted by Gasteiger charge is 2.18. The maximum Gasteiger partial charge on any atom is 0.325 e. The third-order valence-corrected chi connectivity index (χ3v) is 3.61. The number of hydrogen-bond acceptors (Lipinski definition) is 5. The van der Waals surface area contributed by atoms with Gasteiger partial charge in [-0.25, -0.2) is 0 Å². The van der Waals surface area contributed by atoms with Crippen LogP contribution in [0.1, 0.15) is 38.1 Å². The van der Waals surface area contributed by atoms with E-state index in [4.69, 9.17) is 9.47 Å². The first-order chi connectivity index (χ1) is 12.7. The lowest BCUT2D eigenvalue weighted by Gasteiger charge is -2.26. The van der Waals surface area contributed by atoms with Crippen LogP contribution in [0.15, 0.2) is 24.3 Å². The van der Waals surface area contributed by atoms with Gasteiger partial charge in [0.25, 0.3) is 11.8 Å². The van der Waals surface area contributed by atoms with E-state index in [0.29, 0.717) is 36.2 Å². The van der Waals surface area contributed by atoms with Crippen LogP contribution in [0.3, 0.4) is 0 Å². The molecule has 1 aromatic rings. The van der Waals surface area contributed by atoms with Crippen molar-refractivity contribution in [1.29, 1.82) is 0 Å². The number of nitrogens with zero attached hydrogens (tertiary/aromatic N) is 1. The minimum absolute atomic E-state index is 0.232. The first kappa shape index (κ1) is 22.5. The Morgan fingerprint density at radius 1 is 1.07 bits per heavy atom. The zero-order valence-corrected chi connectivity index (χ0v) is 16.8. The Kier molecular flexibility index (Phi) is 9.33. The van der Waals surface area contributed by atoms with E-state index in [1.54, 1.807) is 29.2 Å². The fourth-order valence-corrected chi connectivity index (χ4v) is 2.46. The van der Waals surface area contributed by atoms with E-state index in [9.17, 15) is 14.4 Å². The first-order valence-electron chi connectivity index (χ1n) is 9.08. The van der Waals surface area contributed by atoms with Crippen molar-refractivity contribution in [2.45, 2.75) is 27.7 Å². The molecule has 0 aliphatic heterocycles. The van der Waals surface area contributed by atoms with Gasteiger partial charge < -0.3 is 19.7 Å². The van der Waals surface area contributed by atoms with E-state index in [1.165, 1.54) is 7.11 Å². The van der Waals surface area contributed by atoms with Crippen molar-refractivity contribution in [3.05, 3.63) is 29.8 Å². The molecule has 7 nitrogen and oxygen atoms in total. The predicted octanol–water partition coefficient (Wildman–Crippen LogP) is 2.11. The van der Waals surface area contributed by atoms with E-state index in [0.717, 1.165) is 0 Å². The van der Waals surface area contributed by atoms with Crippen molar-refractivity contribution in [3.8, 4) is 5.75 Å². The summed E-state index contributed by atoms with van der Waals surface area (Å²) in [5.74, 6) is -0.112.